The predicted molar refractivity (Wildman–Crippen MR) is 48.0 cm³/mol. The van der Waals surface area contributed by atoms with E-state index in [9.17, 15) is 13.2 Å². The van der Waals surface area contributed by atoms with Crippen molar-refractivity contribution in [3.8, 4) is 0 Å². The van der Waals surface area contributed by atoms with E-state index >= 15 is 0 Å². The number of aromatic nitrogens is 1. The highest BCUT2D eigenvalue weighted by atomic mass is 35.5. The lowest BCUT2D eigenvalue weighted by Gasteiger charge is -2.13. The SMILES string of the molecule is CCc1cc(N)nc(Cl)c1C(F)(F)F. The molecular weight excluding hydrogens is 217 g/mol. The summed E-state index contributed by atoms with van der Waals surface area (Å²) in [5, 5.41) is -0.589. The maximum Gasteiger partial charge on any atom is 0.419 e. The van der Waals surface area contributed by atoms with E-state index in [2.05, 4.69) is 4.98 Å². The Morgan fingerprint density at radius 3 is 2.50 bits per heavy atom. The summed E-state index contributed by atoms with van der Waals surface area (Å²) in [6, 6.07) is 1.19. The number of alkyl halides is 3. The highest BCUT2D eigenvalue weighted by Gasteiger charge is 2.36. The van der Waals surface area contributed by atoms with Crippen LogP contribution in [0.25, 0.3) is 0 Å². The largest absolute Gasteiger partial charge is 0.419 e. The molecule has 1 rings (SSSR count). The van der Waals surface area contributed by atoms with Crippen LogP contribution in [0.4, 0.5) is 19.0 Å². The second-order valence-corrected chi connectivity index (χ2v) is 3.08. The van der Waals surface area contributed by atoms with E-state index in [-0.39, 0.29) is 17.8 Å². The quantitative estimate of drug-likeness (QED) is 0.745. The fraction of sp³-hybridized carbons (Fsp3) is 0.375. The molecule has 0 amide bonds. The van der Waals surface area contributed by atoms with Crippen LogP contribution in [0.3, 0.4) is 0 Å². The molecule has 2 nitrogen and oxygen atoms in total. The molecule has 0 aromatic carbocycles. The third-order valence-electron chi connectivity index (χ3n) is 1.74. The van der Waals surface area contributed by atoms with Crippen molar-refractivity contribution < 1.29 is 13.2 Å². The van der Waals surface area contributed by atoms with Gasteiger partial charge in [-0.15, -0.1) is 0 Å². The Kier molecular flexibility index (Phi) is 2.89. The van der Waals surface area contributed by atoms with Crippen LogP contribution in [-0.4, -0.2) is 4.98 Å². The monoisotopic (exact) mass is 224 g/mol. The minimum Gasteiger partial charge on any atom is -0.384 e. The minimum absolute atomic E-state index is 0.000139. The molecule has 0 bridgehead atoms. The van der Waals surface area contributed by atoms with Crippen LogP contribution in [-0.2, 0) is 12.6 Å². The fourth-order valence-corrected chi connectivity index (χ4v) is 1.49. The van der Waals surface area contributed by atoms with Crippen molar-refractivity contribution in [1.82, 2.24) is 4.98 Å². The Morgan fingerprint density at radius 1 is 1.50 bits per heavy atom. The number of nitrogens with zero attached hydrogens (tertiary/aromatic N) is 1. The molecule has 0 saturated carbocycles. The zero-order valence-electron chi connectivity index (χ0n) is 7.32. The van der Waals surface area contributed by atoms with Gasteiger partial charge in [0.25, 0.3) is 0 Å². The van der Waals surface area contributed by atoms with Gasteiger partial charge in [0.2, 0.25) is 0 Å². The average Bonchev–Trinajstić information content (AvgIpc) is 1.99. The molecule has 0 spiro atoms. The standard InChI is InChI=1S/C8H8ClF3N2/c1-2-4-3-5(13)14-7(9)6(4)8(10,11)12/h3H,2H2,1H3,(H2,13,14). The van der Waals surface area contributed by atoms with Crippen LogP contribution in [0.5, 0.6) is 0 Å². The lowest BCUT2D eigenvalue weighted by molar-refractivity contribution is -0.138. The Labute approximate surface area is 83.9 Å². The number of halogens is 4. The molecule has 14 heavy (non-hydrogen) atoms. The van der Waals surface area contributed by atoms with E-state index in [4.69, 9.17) is 17.3 Å². The topological polar surface area (TPSA) is 38.9 Å². The second-order valence-electron chi connectivity index (χ2n) is 2.72. The maximum absolute atomic E-state index is 12.5. The van der Waals surface area contributed by atoms with Crippen molar-refractivity contribution in [2.75, 3.05) is 5.73 Å². The van der Waals surface area contributed by atoms with Crippen LogP contribution in [0.1, 0.15) is 18.1 Å². The van der Waals surface area contributed by atoms with Gasteiger partial charge in [-0.25, -0.2) is 4.98 Å². The molecule has 1 aromatic heterocycles. The molecule has 0 saturated heterocycles. The molecule has 1 aromatic rings. The number of anilines is 1. The first kappa shape index (κ1) is 11.1. The second kappa shape index (κ2) is 3.65. The Balaban J connectivity index is 3.40. The first-order valence-electron chi connectivity index (χ1n) is 3.88. The van der Waals surface area contributed by atoms with Crippen molar-refractivity contribution in [3.05, 3.63) is 22.3 Å². The van der Waals surface area contributed by atoms with E-state index in [0.29, 0.717) is 0 Å². The van der Waals surface area contributed by atoms with Crippen molar-refractivity contribution in [3.63, 3.8) is 0 Å². The van der Waals surface area contributed by atoms with E-state index in [1.54, 1.807) is 6.92 Å². The van der Waals surface area contributed by atoms with Gasteiger partial charge in [-0.3, -0.25) is 0 Å². The average molecular weight is 225 g/mol. The molecule has 6 heteroatoms. The van der Waals surface area contributed by atoms with Gasteiger partial charge in [0.05, 0.1) is 5.56 Å². The van der Waals surface area contributed by atoms with Gasteiger partial charge < -0.3 is 5.73 Å². The summed E-state index contributed by atoms with van der Waals surface area (Å²) >= 11 is 5.39. The molecule has 78 valence electrons. The van der Waals surface area contributed by atoms with Crippen LogP contribution >= 0.6 is 11.6 Å². The zero-order valence-corrected chi connectivity index (χ0v) is 8.08. The molecule has 2 N–H and O–H groups in total. The molecule has 0 aliphatic carbocycles. The van der Waals surface area contributed by atoms with Gasteiger partial charge in [0.1, 0.15) is 11.0 Å². The third kappa shape index (κ3) is 2.09. The Hall–Kier alpha value is -0.970. The number of hydrogen-bond donors (Lipinski definition) is 1. The first-order valence-corrected chi connectivity index (χ1v) is 4.26. The van der Waals surface area contributed by atoms with Crippen molar-refractivity contribution >= 4 is 17.4 Å². The van der Waals surface area contributed by atoms with Gasteiger partial charge in [-0.05, 0) is 18.1 Å². The van der Waals surface area contributed by atoms with Gasteiger partial charge in [0, 0.05) is 0 Å². The summed E-state index contributed by atoms with van der Waals surface area (Å²) in [6.07, 6.45) is -4.27. The Bertz CT molecular complexity index is 349. The van der Waals surface area contributed by atoms with Crippen LogP contribution in [0, 0.1) is 0 Å². The van der Waals surface area contributed by atoms with Crippen molar-refractivity contribution in [2.45, 2.75) is 19.5 Å². The smallest absolute Gasteiger partial charge is 0.384 e. The molecule has 0 atom stereocenters. The number of nitrogens with two attached hydrogens (primary N) is 1. The highest BCUT2D eigenvalue weighted by Crippen LogP contribution is 2.37. The lowest BCUT2D eigenvalue weighted by atomic mass is 10.1. The summed E-state index contributed by atoms with van der Waals surface area (Å²) in [4.78, 5) is 3.37. The van der Waals surface area contributed by atoms with E-state index in [0.717, 1.165) is 0 Å². The molecule has 0 aliphatic heterocycles. The maximum atomic E-state index is 12.5. The zero-order chi connectivity index (χ0) is 10.9. The lowest BCUT2D eigenvalue weighted by Crippen LogP contribution is -2.12. The molecule has 0 aliphatic rings. The Morgan fingerprint density at radius 2 is 2.07 bits per heavy atom. The first-order chi connectivity index (χ1) is 6.36. The van der Waals surface area contributed by atoms with Gasteiger partial charge in [-0.1, -0.05) is 18.5 Å². The third-order valence-corrected chi connectivity index (χ3v) is 2.01. The van der Waals surface area contributed by atoms with Gasteiger partial charge >= 0.3 is 6.18 Å². The van der Waals surface area contributed by atoms with Crippen molar-refractivity contribution in [1.29, 1.82) is 0 Å². The normalized spacial score (nSPS) is 11.8. The molecule has 0 radical (unpaired) electrons. The summed E-state index contributed by atoms with van der Waals surface area (Å²) < 4.78 is 37.4. The summed E-state index contributed by atoms with van der Waals surface area (Å²) in [5.74, 6) is -0.000139. The van der Waals surface area contributed by atoms with Crippen LogP contribution in [0.15, 0.2) is 6.07 Å². The van der Waals surface area contributed by atoms with Crippen LogP contribution < -0.4 is 5.73 Å². The summed E-state index contributed by atoms with van der Waals surface area (Å²) in [6.45, 7) is 1.60. The van der Waals surface area contributed by atoms with Crippen LogP contribution in [0.2, 0.25) is 5.15 Å². The number of aryl methyl sites for hydroxylation is 1. The number of rotatable bonds is 1. The predicted octanol–water partition coefficient (Wildman–Crippen LogP) is 2.90. The summed E-state index contributed by atoms with van der Waals surface area (Å²) in [7, 11) is 0. The van der Waals surface area contributed by atoms with Crippen molar-refractivity contribution in [2.24, 2.45) is 0 Å². The highest BCUT2D eigenvalue weighted by molar-refractivity contribution is 6.30. The van der Waals surface area contributed by atoms with E-state index in [1.807, 2.05) is 0 Å². The van der Waals surface area contributed by atoms with Gasteiger partial charge in [0.15, 0.2) is 0 Å². The van der Waals surface area contributed by atoms with E-state index < -0.39 is 16.9 Å². The van der Waals surface area contributed by atoms with Gasteiger partial charge in [-0.2, -0.15) is 13.2 Å². The number of hydrogen-bond acceptors (Lipinski definition) is 2. The molecule has 0 fully saturated rings. The fourth-order valence-electron chi connectivity index (χ4n) is 1.16. The molecule has 0 unspecified atom stereocenters. The minimum atomic E-state index is -4.48. The molecule has 1 heterocycles. The van der Waals surface area contributed by atoms with E-state index in [1.165, 1.54) is 6.07 Å². The number of pyridine rings is 1. The molecular formula is C8H8ClF3N2. The summed E-state index contributed by atoms with van der Waals surface area (Å²) in [5.41, 5.74) is 4.46. The number of nitrogen functional groups attached to an aromatic ring is 1.